The minimum absolute atomic E-state index is 0.192. The molecule has 0 saturated heterocycles. The van der Waals surface area contributed by atoms with E-state index in [1.807, 2.05) is 32.9 Å². The van der Waals surface area contributed by atoms with Gasteiger partial charge < -0.3 is 19.7 Å². The number of urea groups is 1. The standard InChI is InChI=1S/C23H25N5O4.C2HF3O2/c1-23(2,3)19-13-20(27-32-19)26-22(30)28-10-8-14-11-15(5-6-18(14)28)31-16-7-9-25-17(12-16)21(29)24-4;3-2(4,5)1(6)7/h5-7,9,11-13H,8,10H2,1-4H3,(H,24,29)(H,26,27,30);(H,6,7). The number of anilines is 2. The third kappa shape index (κ3) is 7.46. The number of hydrogen-bond acceptors (Lipinski definition) is 7. The number of halogens is 3. The summed E-state index contributed by atoms with van der Waals surface area (Å²) in [6.45, 7) is 6.59. The molecule has 0 unspecified atom stereocenters. The Hall–Kier alpha value is -4.62. The Morgan fingerprint density at radius 1 is 1.08 bits per heavy atom. The number of rotatable bonds is 4. The van der Waals surface area contributed by atoms with Crippen molar-refractivity contribution in [2.45, 2.75) is 38.8 Å². The van der Waals surface area contributed by atoms with Gasteiger partial charge in [-0.05, 0) is 36.2 Å². The predicted molar refractivity (Wildman–Crippen MR) is 133 cm³/mol. The van der Waals surface area contributed by atoms with Crippen molar-refractivity contribution in [2.24, 2.45) is 0 Å². The molecule has 0 spiro atoms. The van der Waals surface area contributed by atoms with Crippen molar-refractivity contribution >= 4 is 29.4 Å². The Kier molecular flexibility index (Phi) is 8.47. The number of carbonyl (C=O) groups is 3. The number of carboxylic acids is 1. The van der Waals surface area contributed by atoms with E-state index in [1.54, 1.807) is 36.2 Å². The van der Waals surface area contributed by atoms with Gasteiger partial charge in [-0.1, -0.05) is 25.9 Å². The van der Waals surface area contributed by atoms with Gasteiger partial charge in [-0.2, -0.15) is 13.2 Å². The highest BCUT2D eigenvalue weighted by molar-refractivity contribution is 6.02. The molecule has 3 amide bonds. The van der Waals surface area contributed by atoms with Gasteiger partial charge in [-0.25, -0.2) is 9.59 Å². The van der Waals surface area contributed by atoms with Gasteiger partial charge in [0.05, 0.1) is 0 Å². The molecule has 0 fully saturated rings. The topological polar surface area (TPSA) is 147 Å². The summed E-state index contributed by atoms with van der Waals surface area (Å²) >= 11 is 0. The highest BCUT2D eigenvalue weighted by Crippen LogP contribution is 2.34. The molecule has 4 rings (SSSR count). The molecular weight excluding hydrogens is 523 g/mol. The molecule has 0 atom stereocenters. The Morgan fingerprint density at radius 2 is 1.74 bits per heavy atom. The van der Waals surface area contributed by atoms with Crippen molar-refractivity contribution < 1.29 is 41.9 Å². The molecule has 0 bridgehead atoms. The fourth-order valence-corrected chi connectivity index (χ4v) is 3.38. The summed E-state index contributed by atoms with van der Waals surface area (Å²) in [4.78, 5) is 39.2. The average molecular weight is 550 g/mol. The number of pyridine rings is 1. The van der Waals surface area contributed by atoms with Crippen LogP contribution in [0.2, 0.25) is 0 Å². The van der Waals surface area contributed by atoms with Crippen molar-refractivity contribution in [3.63, 3.8) is 0 Å². The number of amides is 3. The number of ether oxygens (including phenoxy) is 1. The largest absolute Gasteiger partial charge is 0.490 e. The van der Waals surface area contributed by atoms with Gasteiger partial charge >= 0.3 is 18.2 Å². The van der Waals surface area contributed by atoms with Crippen molar-refractivity contribution in [2.75, 3.05) is 23.8 Å². The molecule has 3 N–H and O–H groups in total. The van der Waals surface area contributed by atoms with E-state index in [9.17, 15) is 22.8 Å². The van der Waals surface area contributed by atoms with Crippen molar-refractivity contribution in [1.82, 2.24) is 15.5 Å². The van der Waals surface area contributed by atoms with E-state index in [-0.39, 0.29) is 23.0 Å². The van der Waals surface area contributed by atoms with Crippen molar-refractivity contribution in [3.05, 3.63) is 59.6 Å². The highest BCUT2D eigenvalue weighted by atomic mass is 19.4. The van der Waals surface area contributed by atoms with E-state index in [4.69, 9.17) is 19.2 Å². The van der Waals surface area contributed by atoms with Crippen LogP contribution in [-0.4, -0.2) is 52.9 Å². The zero-order chi connectivity index (χ0) is 29.0. The van der Waals surface area contributed by atoms with Crippen LogP contribution in [0.3, 0.4) is 0 Å². The van der Waals surface area contributed by atoms with Gasteiger partial charge in [0.15, 0.2) is 5.82 Å². The first-order valence-corrected chi connectivity index (χ1v) is 11.5. The lowest BCUT2D eigenvalue weighted by molar-refractivity contribution is -0.192. The Morgan fingerprint density at radius 3 is 2.33 bits per heavy atom. The Labute approximate surface area is 220 Å². The van der Waals surface area contributed by atoms with Crippen LogP contribution >= 0.6 is 0 Å². The van der Waals surface area contributed by atoms with Crippen molar-refractivity contribution in [3.8, 4) is 11.5 Å². The summed E-state index contributed by atoms with van der Waals surface area (Å²) in [6, 6.07) is 10.3. The third-order valence-corrected chi connectivity index (χ3v) is 5.35. The molecule has 0 aliphatic carbocycles. The second kappa shape index (κ2) is 11.4. The summed E-state index contributed by atoms with van der Waals surface area (Å²) in [7, 11) is 1.55. The quantitative estimate of drug-likeness (QED) is 0.423. The van der Waals surface area contributed by atoms with Crippen LogP contribution in [0.5, 0.6) is 11.5 Å². The summed E-state index contributed by atoms with van der Waals surface area (Å²) in [5.41, 5.74) is 1.89. The van der Waals surface area contributed by atoms with E-state index in [2.05, 4.69) is 20.8 Å². The van der Waals surface area contributed by atoms with Gasteiger partial charge in [0.1, 0.15) is 23.0 Å². The van der Waals surface area contributed by atoms with Crippen LogP contribution in [0.25, 0.3) is 0 Å². The van der Waals surface area contributed by atoms with Crippen LogP contribution in [-0.2, 0) is 16.6 Å². The number of aromatic nitrogens is 2. The fraction of sp³-hybridized carbons (Fsp3) is 0.320. The molecule has 1 aliphatic heterocycles. The second-order valence-electron chi connectivity index (χ2n) is 9.31. The highest BCUT2D eigenvalue weighted by Gasteiger charge is 2.38. The summed E-state index contributed by atoms with van der Waals surface area (Å²) in [5.74, 6) is -0.830. The minimum Gasteiger partial charge on any atom is -0.475 e. The maximum Gasteiger partial charge on any atom is 0.490 e. The van der Waals surface area contributed by atoms with Gasteiger partial charge in [-0.3, -0.25) is 20.0 Å². The maximum atomic E-state index is 12.8. The zero-order valence-corrected chi connectivity index (χ0v) is 21.4. The number of benzene rings is 1. The fourth-order valence-electron chi connectivity index (χ4n) is 3.38. The number of alkyl halides is 3. The van der Waals surface area contributed by atoms with E-state index >= 15 is 0 Å². The molecule has 3 aromatic rings. The van der Waals surface area contributed by atoms with Crippen LogP contribution in [0.15, 0.2) is 47.1 Å². The number of nitrogens with one attached hydrogen (secondary N) is 2. The molecule has 208 valence electrons. The number of fused-ring (bicyclic) bond motifs is 1. The lowest BCUT2D eigenvalue weighted by Crippen LogP contribution is -2.33. The van der Waals surface area contributed by atoms with Crippen LogP contribution in [0.1, 0.15) is 42.6 Å². The first-order valence-electron chi connectivity index (χ1n) is 11.5. The number of hydrogen-bond donors (Lipinski definition) is 3. The molecule has 0 radical (unpaired) electrons. The summed E-state index contributed by atoms with van der Waals surface area (Å²) < 4.78 is 43.0. The third-order valence-electron chi connectivity index (χ3n) is 5.35. The lowest BCUT2D eigenvalue weighted by atomic mass is 9.93. The molecule has 1 aromatic carbocycles. The van der Waals surface area contributed by atoms with Gasteiger partial charge in [0.25, 0.3) is 5.91 Å². The van der Waals surface area contributed by atoms with E-state index in [0.29, 0.717) is 36.0 Å². The first kappa shape index (κ1) is 28.9. The lowest BCUT2D eigenvalue weighted by Gasteiger charge is -2.17. The van der Waals surface area contributed by atoms with Gasteiger partial charge in [-0.15, -0.1) is 0 Å². The molecular formula is C25H26F3N5O6. The van der Waals surface area contributed by atoms with Crippen LogP contribution in [0.4, 0.5) is 29.5 Å². The van der Waals surface area contributed by atoms with Crippen LogP contribution in [0, 0.1) is 0 Å². The molecule has 14 heteroatoms. The Balaban J connectivity index is 0.000000532. The minimum atomic E-state index is -5.08. The van der Waals surface area contributed by atoms with Gasteiger partial charge in [0.2, 0.25) is 0 Å². The van der Waals surface area contributed by atoms with E-state index in [1.165, 1.54) is 6.20 Å². The molecule has 39 heavy (non-hydrogen) atoms. The average Bonchev–Trinajstić information content (AvgIpc) is 3.50. The number of nitrogens with zero attached hydrogens (tertiary/aromatic N) is 3. The van der Waals surface area contributed by atoms with E-state index < -0.39 is 12.1 Å². The molecule has 0 saturated carbocycles. The maximum absolute atomic E-state index is 12.8. The predicted octanol–water partition coefficient (Wildman–Crippen LogP) is 4.75. The summed E-state index contributed by atoms with van der Waals surface area (Å²) in [5, 5.41) is 16.4. The van der Waals surface area contributed by atoms with Crippen molar-refractivity contribution in [1.29, 1.82) is 0 Å². The van der Waals surface area contributed by atoms with E-state index in [0.717, 1.165) is 11.3 Å². The monoisotopic (exact) mass is 549 g/mol. The van der Waals surface area contributed by atoms with Crippen LogP contribution < -0.4 is 20.3 Å². The van der Waals surface area contributed by atoms with Gasteiger partial charge in [0, 0.05) is 43.0 Å². The SMILES string of the molecule is CNC(=O)c1cc(Oc2ccc3c(c2)CCN3C(=O)Nc2cc(C(C)(C)C)on2)ccn1.O=C(O)C(F)(F)F. The summed E-state index contributed by atoms with van der Waals surface area (Å²) in [6.07, 6.45) is -2.86. The molecule has 11 nitrogen and oxygen atoms in total. The first-order chi connectivity index (χ1) is 18.2. The molecule has 1 aliphatic rings. The smallest absolute Gasteiger partial charge is 0.475 e. The second-order valence-corrected chi connectivity index (χ2v) is 9.31. The number of carbonyl (C=O) groups excluding carboxylic acids is 2. The number of aliphatic carboxylic acids is 1. The number of carboxylic acid groups (broad SMARTS) is 1. The Bertz CT molecular complexity index is 1370. The zero-order valence-electron chi connectivity index (χ0n) is 21.4. The molecule has 3 heterocycles. The molecule has 2 aromatic heterocycles. The normalized spacial score (nSPS) is 12.6.